The van der Waals surface area contributed by atoms with Crippen LogP contribution in [0.3, 0.4) is 0 Å². The Morgan fingerprint density at radius 2 is 1.87 bits per heavy atom. The summed E-state index contributed by atoms with van der Waals surface area (Å²) in [5.74, 6) is -0.427. The van der Waals surface area contributed by atoms with E-state index in [2.05, 4.69) is 15.5 Å². The van der Waals surface area contributed by atoms with Crippen molar-refractivity contribution >= 4 is 39.9 Å². The van der Waals surface area contributed by atoms with Gasteiger partial charge in [-0.2, -0.15) is 0 Å². The zero-order chi connectivity index (χ0) is 22.0. The van der Waals surface area contributed by atoms with E-state index in [9.17, 15) is 14.4 Å². The fraction of sp³-hybridized carbons (Fsp3) is 0.227. The van der Waals surface area contributed by atoms with Gasteiger partial charge in [-0.1, -0.05) is 29.5 Å². The van der Waals surface area contributed by atoms with Crippen LogP contribution < -0.4 is 15.0 Å². The van der Waals surface area contributed by atoms with E-state index in [4.69, 9.17) is 4.74 Å². The van der Waals surface area contributed by atoms with Gasteiger partial charge in [-0.3, -0.25) is 19.7 Å². The normalized spacial score (nSPS) is 15.7. The summed E-state index contributed by atoms with van der Waals surface area (Å²) in [6.45, 7) is 3.82. The standard InChI is InChI=1S/C22H20N4O4S/c1-13-5-3-4-6-18(13)26-12-16(11-19(26)28)21-24-25-22(31-21)23-20(29)15-7-9-17(10-8-15)30-14(2)27/h3-10,16H,11-12H2,1-2H3,(H,23,25,29)/t16-/m0/s1. The van der Waals surface area contributed by atoms with Gasteiger partial charge in [0.2, 0.25) is 11.0 Å². The minimum absolute atomic E-state index is 0.0490. The molecule has 0 aliphatic carbocycles. The maximum atomic E-state index is 12.6. The van der Waals surface area contributed by atoms with Crippen LogP contribution in [0.5, 0.6) is 5.75 Å². The Labute approximate surface area is 182 Å². The molecule has 0 radical (unpaired) electrons. The van der Waals surface area contributed by atoms with Crippen LogP contribution in [0.25, 0.3) is 0 Å². The summed E-state index contributed by atoms with van der Waals surface area (Å²) in [6.07, 6.45) is 0.356. The number of hydrogen-bond donors (Lipinski definition) is 1. The number of para-hydroxylation sites is 1. The number of benzene rings is 2. The molecule has 2 heterocycles. The number of rotatable bonds is 5. The van der Waals surface area contributed by atoms with Crippen LogP contribution in [0.1, 0.15) is 40.2 Å². The van der Waals surface area contributed by atoms with Gasteiger partial charge in [-0.15, -0.1) is 10.2 Å². The summed E-state index contributed by atoms with van der Waals surface area (Å²) in [7, 11) is 0. The van der Waals surface area contributed by atoms with Crippen molar-refractivity contribution in [2.75, 3.05) is 16.8 Å². The highest BCUT2D eigenvalue weighted by Gasteiger charge is 2.34. The molecule has 1 atom stereocenters. The lowest BCUT2D eigenvalue weighted by Crippen LogP contribution is -2.25. The molecule has 158 valence electrons. The quantitative estimate of drug-likeness (QED) is 0.485. The SMILES string of the molecule is CC(=O)Oc1ccc(C(=O)Nc2nnc([C@H]3CC(=O)N(c4ccccc4C)C3)s2)cc1. The molecule has 0 saturated carbocycles. The smallest absolute Gasteiger partial charge is 0.308 e. The molecular weight excluding hydrogens is 416 g/mol. The number of esters is 1. The molecule has 1 N–H and O–H groups in total. The first-order valence-corrected chi connectivity index (χ1v) is 10.5. The first kappa shape index (κ1) is 20.7. The van der Waals surface area contributed by atoms with Gasteiger partial charge in [0.15, 0.2) is 0 Å². The second-order valence-electron chi connectivity index (χ2n) is 7.21. The van der Waals surface area contributed by atoms with Gasteiger partial charge in [0.05, 0.1) is 0 Å². The highest BCUT2D eigenvalue weighted by molar-refractivity contribution is 7.15. The topological polar surface area (TPSA) is 101 Å². The Kier molecular flexibility index (Phi) is 5.77. The number of amides is 2. The van der Waals surface area contributed by atoms with Crippen molar-refractivity contribution in [2.24, 2.45) is 0 Å². The second-order valence-corrected chi connectivity index (χ2v) is 8.22. The summed E-state index contributed by atoms with van der Waals surface area (Å²) in [4.78, 5) is 37.8. The molecule has 4 rings (SSSR count). The van der Waals surface area contributed by atoms with Gasteiger partial charge in [0.25, 0.3) is 5.91 Å². The Bertz CT molecular complexity index is 1140. The van der Waals surface area contributed by atoms with E-state index < -0.39 is 5.97 Å². The van der Waals surface area contributed by atoms with E-state index in [-0.39, 0.29) is 17.7 Å². The molecule has 1 aromatic heterocycles. The van der Waals surface area contributed by atoms with Crippen LogP contribution in [0.15, 0.2) is 48.5 Å². The molecular formula is C22H20N4O4S. The Hall–Kier alpha value is -3.59. The number of ether oxygens (including phenoxy) is 1. The number of carbonyl (C=O) groups is 3. The molecule has 0 unspecified atom stereocenters. The number of aryl methyl sites for hydroxylation is 1. The molecule has 1 fully saturated rings. The monoisotopic (exact) mass is 436 g/mol. The highest BCUT2D eigenvalue weighted by atomic mass is 32.1. The summed E-state index contributed by atoms with van der Waals surface area (Å²) in [5.41, 5.74) is 2.35. The molecule has 0 bridgehead atoms. The summed E-state index contributed by atoms with van der Waals surface area (Å²) >= 11 is 1.27. The Morgan fingerprint density at radius 1 is 1.13 bits per heavy atom. The molecule has 9 heteroatoms. The number of aromatic nitrogens is 2. The number of anilines is 2. The minimum atomic E-state index is -0.426. The van der Waals surface area contributed by atoms with E-state index in [0.717, 1.165) is 11.3 Å². The number of hydrogen-bond acceptors (Lipinski definition) is 7. The van der Waals surface area contributed by atoms with Crippen molar-refractivity contribution in [3.63, 3.8) is 0 Å². The Morgan fingerprint density at radius 3 is 2.58 bits per heavy atom. The zero-order valence-corrected chi connectivity index (χ0v) is 17.8. The third kappa shape index (κ3) is 4.61. The summed E-state index contributed by atoms with van der Waals surface area (Å²) in [6, 6.07) is 14.0. The van der Waals surface area contributed by atoms with Crippen molar-refractivity contribution < 1.29 is 19.1 Å². The largest absolute Gasteiger partial charge is 0.427 e. The maximum Gasteiger partial charge on any atom is 0.308 e. The van der Waals surface area contributed by atoms with Crippen molar-refractivity contribution in [2.45, 2.75) is 26.2 Å². The van der Waals surface area contributed by atoms with E-state index >= 15 is 0 Å². The Balaban J connectivity index is 1.41. The average molecular weight is 436 g/mol. The predicted octanol–water partition coefficient (Wildman–Crippen LogP) is 3.54. The van der Waals surface area contributed by atoms with Crippen molar-refractivity contribution in [1.29, 1.82) is 0 Å². The lowest BCUT2D eigenvalue weighted by molar-refractivity contribution is -0.131. The highest BCUT2D eigenvalue weighted by Crippen LogP contribution is 2.35. The van der Waals surface area contributed by atoms with Crippen LogP contribution in [-0.4, -0.2) is 34.5 Å². The van der Waals surface area contributed by atoms with Gasteiger partial charge in [-0.05, 0) is 42.8 Å². The maximum absolute atomic E-state index is 12.6. The van der Waals surface area contributed by atoms with Gasteiger partial charge in [-0.25, -0.2) is 0 Å². The zero-order valence-electron chi connectivity index (χ0n) is 17.0. The van der Waals surface area contributed by atoms with Crippen molar-refractivity contribution in [3.8, 4) is 5.75 Å². The van der Waals surface area contributed by atoms with Crippen molar-refractivity contribution in [3.05, 3.63) is 64.7 Å². The van der Waals surface area contributed by atoms with Gasteiger partial charge >= 0.3 is 5.97 Å². The molecule has 31 heavy (non-hydrogen) atoms. The fourth-order valence-electron chi connectivity index (χ4n) is 3.43. The lowest BCUT2D eigenvalue weighted by atomic mass is 10.1. The second kappa shape index (κ2) is 8.65. The first-order chi connectivity index (χ1) is 14.9. The minimum Gasteiger partial charge on any atom is -0.427 e. The molecule has 2 amide bonds. The van der Waals surface area contributed by atoms with Crippen LogP contribution in [0, 0.1) is 6.92 Å². The first-order valence-electron chi connectivity index (χ1n) is 9.70. The van der Waals surface area contributed by atoms with Crippen LogP contribution in [0.2, 0.25) is 0 Å². The fourth-order valence-corrected chi connectivity index (χ4v) is 4.26. The lowest BCUT2D eigenvalue weighted by Gasteiger charge is -2.18. The molecule has 3 aromatic rings. The summed E-state index contributed by atoms with van der Waals surface area (Å²) < 4.78 is 4.96. The molecule has 1 aliphatic rings. The van der Waals surface area contributed by atoms with E-state index in [1.165, 1.54) is 18.3 Å². The third-order valence-corrected chi connectivity index (χ3v) is 5.92. The molecule has 1 aliphatic heterocycles. The van der Waals surface area contributed by atoms with Crippen LogP contribution in [0.4, 0.5) is 10.8 Å². The number of nitrogens with zero attached hydrogens (tertiary/aromatic N) is 3. The van der Waals surface area contributed by atoms with Crippen LogP contribution in [-0.2, 0) is 9.59 Å². The van der Waals surface area contributed by atoms with Crippen molar-refractivity contribution in [1.82, 2.24) is 10.2 Å². The van der Waals surface area contributed by atoms with E-state index in [1.807, 2.05) is 31.2 Å². The van der Waals surface area contributed by atoms with Gasteiger partial charge < -0.3 is 9.64 Å². The molecule has 8 nitrogen and oxygen atoms in total. The molecule has 1 saturated heterocycles. The van der Waals surface area contributed by atoms with Gasteiger partial charge in [0.1, 0.15) is 10.8 Å². The third-order valence-electron chi connectivity index (χ3n) is 4.92. The molecule has 2 aromatic carbocycles. The van der Waals surface area contributed by atoms with E-state index in [0.29, 0.717) is 34.4 Å². The van der Waals surface area contributed by atoms with Crippen LogP contribution >= 0.6 is 11.3 Å². The predicted molar refractivity (Wildman–Crippen MR) is 117 cm³/mol. The molecule has 0 spiro atoms. The number of carbonyl (C=O) groups excluding carboxylic acids is 3. The number of nitrogens with one attached hydrogen (secondary N) is 1. The summed E-state index contributed by atoms with van der Waals surface area (Å²) in [5, 5.41) is 12.1. The van der Waals surface area contributed by atoms with Gasteiger partial charge in [0, 0.05) is 37.1 Å². The van der Waals surface area contributed by atoms with E-state index in [1.54, 1.807) is 29.2 Å². The average Bonchev–Trinajstić information content (AvgIpc) is 3.35.